The van der Waals surface area contributed by atoms with Gasteiger partial charge < -0.3 is 10.2 Å². The van der Waals surface area contributed by atoms with Crippen molar-refractivity contribution in [2.45, 2.75) is 26.6 Å². The van der Waals surface area contributed by atoms with E-state index in [4.69, 9.17) is 0 Å². The van der Waals surface area contributed by atoms with E-state index in [2.05, 4.69) is 48.6 Å². The average Bonchev–Trinajstić information content (AvgIpc) is 2.42. The van der Waals surface area contributed by atoms with Crippen LogP contribution in [0.3, 0.4) is 0 Å². The minimum absolute atomic E-state index is 0.174. The first-order valence-corrected chi connectivity index (χ1v) is 7.23. The van der Waals surface area contributed by atoms with Gasteiger partial charge in [-0.05, 0) is 55.4 Å². The first-order chi connectivity index (χ1) is 10.1. The number of hydrogen-bond donors (Lipinski definition) is 1. The molecule has 0 bridgehead atoms. The van der Waals surface area contributed by atoms with Crippen molar-refractivity contribution in [3.63, 3.8) is 0 Å². The summed E-state index contributed by atoms with van der Waals surface area (Å²) in [5, 5.41) is 3.45. The van der Waals surface area contributed by atoms with Gasteiger partial charge in [-0.25, -0.2) is 4.39 Å². The highest BCUT2D eigenvalue weighted by Crippen LogP contribution is 2.12. The summed E-state index contributed by atoms with van der Waals surface area (Å²) in [5.41, 5.74) is 4.78. The Hall–Kier alpha value is -1.71. The number of benzene rings is 2. The molecular weight excluding hydrogens is 263 g/mol. The van der Waals surface area contributed by atoms with Crippen LogP contribution in [0.25, 0.3) is 0 Å². The Labute approximate surface area is 126 Å². The fourth-order valence-electron chi connectivity index (χ4n) is 2.41. The molecule has 0 atom stereocenters. The molecule has 2 aromatic carbocycles. The Kier molecular flexibility index (Phi) is 5.48. The van der Waals surface area contributed by atoms with Crippen molar-refractivity contribution in [1.82, 2.24) is 10.2 Å². The van der Waals surface area contributed by atoms with Gasteiger partial charge in [-0.1, -0.05) is 30.3 Å². The molecule has 0 aromatic heterocycles. The van der Waals surface area contributed by atoms with Gasteiger partial charge in [-0.3, -0.25) is 0 Å². The maximum Gasteiger partial charge on any atom is 0.123 e. The van der Waals surface area contributed by atoms with Crippen LogP contribution in [0.1, 0.15) is 22.3 Å². The molecule has 0 aliphatic heterocycles. The highest BCUT2D eigenvalue weighted by molar-refractivity contribution is 5.28. The number of halogens is 1. The molecule has 3 heteroatoms. The second-order valence-electron chi connectivity index (χ2n) is 5.68. The predicted octanol–water partition coefficient (Wildman–Crippen LogP) is 3.49. The second kappa shape index (κ2) is 7.34. The molecule has 0 fully saturated rings. The van der Waals surface area contributed by atoms with Gasteiger partial charge in [0.2, 0.25) is 0 Å². The summed E-state index contributed by atoms with van der Waals surface area (Å²) >= 11 is 0. The van der Waals surface area contributed by atoms with Gasteiger partial charge >= 0.3 is 0 Å². The highest BCUT2D eigenvalue weighted by atomic mass is 19.1. The fourth-order valence-corrected chi connectivity index (χ4v) is 2.41. The summed E-state index contributed by atoms with van der Waals surface area (Å²) in [7, 11) is 4.15. The number of aryl methyl sites for hydroxylation is 1. The van der Waals surface area contributed by atoms with Crippen LogP contribution < -0.4 is 5.32 Å². The SMILES string of the molecule is Cc1cc(F)ccc1CNCc1ccccc1CN(C)C. The third-order valence-corrected chi connectivity index (χ3v) is 3.54. The largest absolute Gasteiger partial charge is 0.309 e. The molecule has 0 amide bonds. The lowest BCUT2D eigenvalue weighted by atomic mass is 10.1. The van der Waals surface area contributed by atoms with E-state index in [9.17, 15) is 4.39 Å². The Balaban J connectivity index is 1.97. The van der Waals surface area contributed by atoms with E-state index < -0.39 is 0 Å². The monoisotopic (exact) mass is 286 g/mol. The molecule has 0 radical (unpaired) electrons. The van der Waals surface area contributed by atoms with Gasteiger partial charge in [-0.15, -0.1) is 0 Å². The van der Waals surface area contributed by atoms with E-state index in [1.54, 1.807) is 6.07 Å². The van der Waals surface area contributed by atoms with Gasteiger partial charge in [-0.2, -0.15) is 0 Å². The molecule has 0 aliphatic carbocycles. The molecule has 2 nitrogen and oxygen atoms in total. The number of nitrogens with one attached hydrogen (secondary N) is 1. The van der Waals surface area contributed by atoms with Crippen LogP contribution in [0, 0.1) is 12.7 Å². The van der Waals surface area contributed by atoms with Crippen LogP contribution in [-0.4, -0.2) is 19.0 Å². The standard InChI is InChI=1S/C18H23FN2/c1-14-10-18(19)9-8-15(14)11-20-12-16-6-4-5-7-17(16)13-21(2)3/h4-10,20H,11-13H2,1-3H3. The zero-order valence-corrected chi connectivity index (χ0v) is 13.0. The fraction of sp³-hybridized carbons (Fsp3) is 0.333. The first kappa shape index (κ1) is 15.7. The Morgan fingerprint density at radius 2 is 1.62 bits per heavy atom. The van der Waals surface area contributed by atoms with Crippen molar-refractivity contribution in [3.8, 4) is 0 Å². The van der Waals surface area contributed by atoms with Gasteiger partial charge in [0.1, 0.15) is 5.82 Å². The topological polar surface area (TPSA) is 15.3 Å². The molecule has 21 heavy (non-hydrogen) atoms. The molecule has 0 unspecified atom stereocenters. The molecule has 0 aliphatic rings. The molecule has 2 aromatic rings. The number of hydrogen-bond acceptors (Lipinski definition) is 2. The average molecular weight is 286 g/mol. The molecule has 1 N–H and O–H groups in total. The minimum Gasteiger partial charge on any atom is -0.309 e. The molecule has 0 spiro atoms. The van der Waals surface area contributed by atoms with Crippen molar-refractivity contribution >= 4 is 0 Å². The van der Waals surface area contributed by atoms with Crippen molar-refractivity contribution in [1.29, 1.82) is 0 Å². The maximum absolute atomic E-state index is 13.1. The van der Waals surface area contributed by atoms with Gasteiger partial charge in [0.05, 0.1) is 0 Å². The van der Waals surface area contributed by atoms with Crippen molar-refractivity contribution < 1.29 is 4.39 Å². The molecular formula is C18H23FN2. The van der Waals surface area contributed by atoms with E-state index in [0.29, 0.717) is 0 Å². The predicted molar refractivity (Wildman–Crippen MR) is 85.5 cm³/mol. The van der Waals surface area contributed by atoms with Crippen molar-refractivity contribution in [2.24, 2.45) is 0 Å². The first-order valence-electron chi connectivity index (χ1n) is 7.23. The summed E-state index contributed by atoms with van der Waals surface area (Å²) in [6.45, 7) is 4.46. The van der Waals surface area contributed by atoms with E-state index in [-0.39, 0.29) is 5.82 Å². The van der Waals surface area contributed by atoms with Crippen LogP contribution in [0.15, 0.2) is 42.5 Å². The van der Waals surface area contributed by atoms with Crippen LogP contribution in [-0.2, 0) is 19.6 Å². The van der Waals surface area contributed by atoms with Gasteiger partial charge in [0.15, 0.2) is 0 Å². The number of rotatable bonds is 6. The minimum atomic E-state index is -0.174. The van der Waals surface area contributed by atoms with Crippen LogP contribution in [0.2, 0.25) is 0 Å². The van der Waals surface area contributed by atoms with Gasteiger partial charge in [0, 0.05) is 19.6 Å². The lowest BCUT2D eigenvalue weighted by Crippen LogP contribution is -2.17. The summed E-state index contributed by atoms with van der Waals surface area (Å²) in [6, 6.07) is 13.4. The Morgan fingerprint density at radius 1 is 0.952 bits per heavy atom. The third-order valence-electron chi connectivity index (χ3n) is 3.54. The lowest BCUT2D eigenvalue weighted by Gasteiger charge is -2.15. The normalized spacial score (nSPS) is 11.1. The lowest BCUT2D eigenvalue weighted by molar-refractivity contribution is 0.400. The van der Waals surface area contributed by atoms with Crippen molar-refractivity contribution in [3.05, 3.63) is 70.5 Å². The molecule has 112 valence electrons. The van der Waals surface area contributed by atoms with Crippen LogP contribution in [0.4, 0.5) is 4.39 Å². The van der Waals surface area contributed by atoms with E-state index >= 15 is 0 Å². The zero-order valence-electron chi connectivity index (χ0n) is 13.0. The van der Waals surface area contributed by atoms with Crippen LogP contribution in [0.5, 0.6) is 0 Å². The summed E-state index contributed by atoms with van der Waals surface area (Å²) in [6.07, 6.45) is 0. The smallest absolute Gasteiger partial charge is 0.123 e. The van der Waals surface area contributed by atoms with Gasteiger partial charge in [0.25, 0.3) is 0 Å². The molecule has 0 saturated heterocycles. The Morgan fingerprint density at radius 3 is 2.29 bits per heavy atom. The second-order valence-corrected chi connectivity index (χ2v) is 5.68. The van der Waals surface area contributed by atoms with Crippen molar-refractivity contribution in [2.75, 3.05) is 14.1 Å². The highest BCUT2D eigenvalue weighted by Gasteiger charge is 2.04. The maximum atomic E-state index is 13.1. The summed E-state index contributed by atoms with van der Waals surface area (Å²) < 4.78 is 13.1. The van der Waals surface area contributed by atoms with E-state index in [1.807, 2.05) is 13.0 Å². The molecule has 0 saturated carbocycles. The quantitative estimate of drug-likeness (QED) is 0.874. The summed E-state index contributed by atoms with van der Waals surface area (Å²) in [5.74, 6) is -0.174. The zero-order chi connectivity index (χ0) is 15.2. The molecule has 0 heterocycles. The third kappa shape index (κ3) is 4.66. The van der Waals surface area contributed by atoms with E-state index in [0.717, 1.165) is 30.8 Å². The molecule has 2 rings (SSSR count). The Bertz CT molecular complexity index is 594. The summed E-state index contributed by atoms with van der Waals surface area (Å²) in [4.78, 5) is 2.17. The van der Waals surface area contributed by atoms with E-state index in [1.165, 1.54) is 17.2 Å². The van der Waals surface area contributed by atoms with Crippen LogP contribution >= 0.6 is 0 Å². The number of nitrogens with zero attached hydrogens (tertiary/aromatic N) is 1.